The van der Waals surface area contributed by atoms with Gasteiger partial charge in [0.2, 0.25) is 5.88 Å². The number of amides is 2. The molecule has 1 aliphatic rings. The summed E-state index contributed by atoms with van der Waals surface area (Å²) >= 11 is 0. The molecule has 1 saturated heterocycles. The number of nitrogens with one attached hydrogen (secondary N) is 1. The summed E-state index contributed by atoms with van der Waals surface area (Å²) in [7, 11) is 0. The predicted octanol–water partition coefficient (Wildman–Crippen LogP) is 3.29. The first-order valence-electron chi connectivity index (χ1n) is 7.89. The van der Waals surface area contributed by atoms with Gasteiger partial charge in [-0.25, -0.2) is 4.79 Å². The third-order valence-corrected chi connectivity index (χ3v) is 4.46. The van der Waals surface area contributed by atoms with Crippen molar-refractivity contribution in [1.82, 2.24) is 10.1 Å². The number of nitrogen functional groups attached to an aromatic ring is 1. The van der Waals surface area contributed by atoms with Gasteiger partial charge in [-0.05, 0) is 37.8 Å². The number of urea groups is 1. The molecule has 2 amide bonds. The first-order valence-corrected chi connectivity index (χ1v) is 7.89. The molecule has 0 atom stereocenters. The Kier molecular flexibility index (Phi) is 4.23. The Hall–Kier alpha value is -2.50. The second kappa shape index (κ2) is 6.32. The Morgan fingerprint density at radius 3 is 2.52 bits per heavy atom. The molecule has 6 nitrogen and oxygen atoms in total. The molecule has 3 rings (SSSR count). The highest BCUT2D eigenvalue weighted by atomic mass is 16.5. The molecule has 0 saturated carbocycles. The number of nitrogens with two attached hydrogens (primary N) is 1. The maximum Gasteiger partial charge on any atom is 0.321 e. The average Bonchev–Trinajstić information content (AvgIpc) is 2.97. The Morgan fingerprint density at radius 1 is 1.30 bits per heavy atom. The molecule has 0 radical (unpaired) electrons. The van der Waals surface area contributed by atoms with Gasteiger partial charge in [0.25, 0.3) is 0 Å². The molecule has 1 fully saturated rings. The van der Waals surface area contributed by atoms with E-state index in [1.807, 2.05) is 36.9 Å². The molecule has 1 aromatic heterocycles. The van der Waals surface area contributed by atoms with Gasteiger partial charge in [0.1, 0.15) is 0 Å². The molecule has 1 aliphatic heterocycles. The van der Waals surface area contributed by atoms with Crippen molar-refractivity contribution in [3.63, 3.8) is 0 Å². The monoisotopic (exact) mass is 314 g/mol. The van der Waals surface area contributed by atoms with Gasteiger partial charge in [-0.2, -0.15) is 0 Å². The van der Waals surface area contributed by atoms with Crippen molar-refractivity contribution >= 4 is 17.6 Å². The predicted molar refractivity (Wildman–Crippen MR) is 89.4 cm³/mol. The lowest BCUT2D eigenvalue weighted by Crippen LogP contribution is -2.40. The number of carbonyl (C=O) groups excluding carboxylic acids is 1. The van der Waals surface area contributed by atoms with Crippen molar-refractivity contribution in [2.24, 2.45) is 0 Å². The number of carbonyl (C=O) groups is 1. The van der Waals surface area contributed by atoms with Crippen LogP contribution in [0.15, 0.2) is 28.8 Å². The van der Waals surface area contributed by atoms with Crippen LogP contribution < -0.4 is 11.1 Å². The molecule has 0 unspecified atom stereocenters. The summed E-state index contributed by atoms with van der Waals surface area (Å²) in [5.41, 5.74) is 9.51. The van der Waals surface area contributed by atoms with Crippen LogP contribution in [0.5, 0.6) is 0 Å². The highest BCUT2D eigenvalue weighted by molar-refractivity contribution is 5.91. The summed E-state index contributed by atoms with van der Waals surface area (Å²) < 4.78 is 4.93. The maximum absolute atomic E-state index is 12.5. The number of anilines is 2. The third-order valence-electron chi connectivity index (χ3n) is 4.46. The number of aromatic nitrogens is 1. The van der Waals surface area contributed by atoms with Crippen molar-refractivity contribution in [2.45, 2.75) is 32.6 Å². The van der Waals surface area contributed by atoms with E-state index < -0.39 is 0 Å². The lowest BCUT2D eigenvalue weighted by atomic mass is 9.94. The first kappa shape index (κ1) is 15.4. The molecule has 6 heteroatoms. The van der Waals surface area contributed by atoms with Crippen LogP contribution in [0.2, 0.25) is 0 Å². The summed E-state index contributed by atoms with van der Waals surface area (Å²) in [5.74, 6) is 0.649. The molecule has 1 aromatic carbocycles. The molecule has 0 bridgehead atoms. The Balaban J connectivity index is 1.60. The van der Waals surface area contributed by atoms with E-state index in [2.05, 4.69) is 10.5 Å². The standard InChI is InChI=1S/C17H22N4O2/c1-11-4-3-5-12(2)16(11)19-17(22)21-8-6-13(7-9-21)14-10-15(18)23-20-14/h3-5,10,13H,6-9,18H2,1-2H3,(H,19,22). The molecule has 3 N–H and O–H groups in total. The smallest absolute Gasteiger partial charge is 0.321 e. The van der Waals surface area contributed by atoms with E-state index in [4.69, 9.17) is 10.3 Å². The van der Waals surface area contributed by atoms with Crippen LogP contribution in [0.25, 0.3) is 0 Å². The number of likely N-dealkylation sites (tertiary alicyclic amines) is 1. The Labute approximate surface area is 135 Å². The Bertz CT molecular complexity index is 682. The molecule has 2 aromatic rings. The van der Waals surface area contributed by atoms with Gasteiger partial charge in [0.05, 0.1) is 5.69 Å². The number of nitrogens with zero attached hydrogens (tertiary/aromatic N) is 2. The SMILES string of the molecule is Cc1cccc(C)c1NC(=O)N1CCC(c2cc(N)on2)CC1. The van der Waals surface area contributed by atoms with Crippen molar-refractivity contribution in [3.05, 3.63) is 41.1 Å². The van der Waals surface area contributed by atoms with Crippen LogP contribution in [0.3, 0.4) is 0 Å². The van der Waals surface area contributed by atoms with Gasteiger partial charge < -0.3 is 20.5 Å². The number of aryl methyl sites for hydroxylation is 2. The number of para-hydroxylation sites is 1. The van der Waals surface area contributed by atoms with Gasteiger partial charge >= 0.3 is 6.03 Å². The zero-order valence-electron chi connectivity index (χ0n) is 13.5. The quantitative estimate of drug-likeness (QED) is 0.891. The second-order valence-electron chi connectivity index (χ2n) is 6.11. The van der Waals surface area contributed by atoms with E-state index in [-0.39, 0.29) is 6.03 Å². The maximum atomic E-state index is 12.5. The molecular formula is C17H22N4O2. The minimum Gasteiger partial charge on any atom is -0.368 e. The first-order chi connectivity index (χ1) is 11.0. The molecule has 122 valence electrons. The topological polar surface area (TPSA) is 84.4 Å². The summed E-state index contributed by atoms with van der Waals surface area (Å²) in [5, 5.41) is 7.02. The fraction of sp³-hybridized carbons (Fsp3) is 0.412. The Morgan fingerprint density at radius 2 is 1.96 bits per heavy atom. The van der Waals surface area contributed by atoms with E-state index in [1.54, 1.807) is 6.07 Å². The zero-order valence-corrected chi connectivity index (χ0v) is 13.5. The highest BCUT2D eigenvalue weighted by Crippen LogP contribution is 2.29. The van der Waals surface area contributed by atoms with Crippen LogP contribution in [-0.2, 0) is 0 Å². The van der Waals surface area contributed by atoms with E-state index >= 15 is 0 Å². The average molecular weight is 314 g/mol. The lowest BCUT2D eigenvalue weighted by molar-refractivity contribution is 0.193. The largest absolute Gasteiger partial charge is 0.368 e. The van der Waals surface area contributed by atoms with Crippen LogP contribution in [0.4, 0.5) is 16.4 Å². The van der Waals surface area contributed by atoms with Gasteiger partial charge in [0, 0.05) is 30.8 Å². The number of benzene rings is 1. The van der Waals surface area contributed by atoms with Crippen molar-refractivity contribution in [1.29, 1.82) is 0 Å². The third kappa shape index (κ3) is 3.31. The number of piperidine rings is 1. The van der Waals surface area contributed by atoms with Crippen LogP contribution >= 0.6 is 0 Å². The fourth-order valence-corrected chi connectivity index (χ4v) is 3.07. The van der Waals surface area contributed by atoms with Crippen molar-refractivity contribution in [3.8, 4) is 0 Å². The zero-order chi connectivity index (χ0) is 16.4. The summed E-state index contributed by atoms with van der Waals surface area (Å²) in [4.78, 5) is 14.3. The normalized spacial score (nSPS) is 15.7. The molecule has 0 aliphatic carbocycles. The highest BCUT2D eigenvalue weighted by Gasteiger charge is 2.26. The minimum absolute atomic E-state index is 0.0412. The van der Waals surface area contributed by atoms with Gasteiger partial charge in [-0.15, -0.1) is 0 Å². The number of hydrogen-bond donors (Lipinski definition) is 2. The van der Waals surface area contributed by atoms with Crippen LogP contribution in [0.1, 0.15) is 35.6 Å². The van der Waals surface area contributed by atoms with Gasteiger partial charge in [0.15, 0.2) is 0 Å². The van der Waals surface area contributed by atoms with E-state index in [1.165, 1.54) is 0 Å². The molecular weight excluding hydrogens is 292 g/mol. The number of hydrogen-bond acceptors (Lipinski definition) is 4. The summed E-state index contributed by atoms with van der Waals surface area (Å²) in [6.07, 6.45) is 1.73. The van der Waals surface area contributed by atoms with Crippen molar-refractivity contribution < 1.29 is 9.32 Å². The molecule has 23 heavy (non-hydrogen) atoms. The van der Waals surface area contributed by atoms with Crippen molar-refractivity contribution in [2.75, 3.05) is 24.1 Å². The summed E-state index contributed by atoms with van der Waals surface area (Å²) in [6.45, 7) is 5.41. The summed E-state index contributed by atoms with van der Waals surface area (Å²) in [6, 6.07) is 7.74. The molecule has 2 heterocycles. The van der Waals surface area contributed by atoms with Crippen LogP contribution in [-0.4, -0.2) is 29.2 Å². The van der Waals surface area contributed by atoms with Gasteiger partial charge in [-0.1, -0.05) is 23.4 Å². The van der Waals surface area contributed by atoms with E-state index in [0.29, 0.717) is 24.9 Å². The van der Waals surface area contributed by atoms with Gasteiger partial charge in [-0.3, -0.25) is 0 Å². The second-order valence-corrected chi connectivity index (χ2v) is 6.11. The number of rotatable bonds is 2. The van der Waals surface area contributed by atoms with E-state index in [9.17, 15) is 4.79 Å². The molecule has 0 spiro atoms. The van der Waals surface area contributed by atoms with E-state index in [0.717, 1.165) is 35.3 Å². The minimum atomic E-state index is -0.0412. The van der Waals surface area contributed by atoms with Crippen LogP contribution in [0, 0.1) is 13.8 Å². The lowest BCUT2D eigenvalue weighted by Gasteiger charge is -2.31. The fourth-order valence-electron chi connectivity index (χ4n) is 3.07.